The highest BCUT2D eigenvalue weighted by Gasteiger charge is 2.46. The molecule has 17 heavy (non-hydrogen) atoms. The van der Waals surface area contributed by atoms with Gasteiger partial charge in [-0.1, -0.05) is 0 Å². The Morgan fingerprint density at radius 2 is 1.59 bits per heavy atom. The van der Waals surface area contributed by atoms with Crippen molar-refractivity contribution in [2.24, 2.45) is 0 Å². The van der Waals surface area contributed by atoms with Crippen molar-refractivity contribution in [3.05, 3.63) is 0 Å². The van der Waals surface area contributed by atoms with Crippen molar-refractivity contribution in [3.63, 3.8) is 0 Å². The molecule has 0 amide bonds. The van der Waals surface area contributed by atoms with Crippen LogP contribution in [0.15, 0.2) is 0 Å². The summed E-state index contributed by atoms with van der Waals surface area (Å²) in [4.78, 5) is 28.0. The minimum atomic E-state index is -5.09. The average Bonchev–Trinajstić information content (AvgIpc) is 2.25. The van der Waals surface area contributed by atoms with Gasteiger partial charge in [0.05, 0.1) is 0 Å². The fourth-order valence-electron chi connectivity index (χ4n) is 1.16. The fraction of sp³-hybridized carbons (Fsp3) is 0.833. The van der Waals surface area contributed by atoms with Crippen LogP contribution in [0.4, 0.5) is 0 Å². The van der Waals surface area contributed by atoms with Crippen molar-refractivity contribution in [2.45, 2.75) is 30.7 Å². The third kappa shape index (κ3) is 3.44. The van der Waals surface area contributed by atoms with E-state index in [4.69, 9.17) is 14.9 Å². The van der Waals surface area contributed by atoms with E-state index in [-0.39, 0.29) is 0 Å². The molecule has 1 aliphatic rings. The molecular weight excluding hydrogens is 263 g/mol. The molecule has 0 aliphatic carbocycles. The Kier molecular flexibility index (Phi) is 4.23. The molecule has 0 radical (unpaired) electrons. The molecule has 5 atom stereocenters. The molecule has 1 fully saturated rings. The van der Waals surface area contributed by atoms with Gasteiger partial charge in [0.2, 0.25) is 6.29 Å². The first-order valence-electron chi connectivity index (χ1n) is 4.30. The number of carbonyl (C=O) groups is 1. The summed E-state index contributed by atoms with van der Waals surface area (Å²) in [5.74, 6) is -1.49. The molecule has 10 nitrogen and oxygen atoms in total. The molecule has 0 aromatic heterocycles. The summed E-state index contributed by atoms with van der Waals surface area (Å²) in [6.07, 6.45) is -10.6. The lowest BCUT2D eigenvalue weighted by Crippen LogP contribution is -2.46. The molecule has 0 saturated carbocycles. The highest BCUT2D eigenvalue weighted by atomic mass is 31.2. The smallest absolute Gasteiger partial charge is 0.430 e. The Hall–Kier alpha value is -0.580. The van der Waals surface area contributed by atoms with E-state index in [0.29, 0.717) is 0 Å². The maximum Gasteiger partial charge on any atom is 0.472 e. The van der Waals surface area contributed by atoms with Gasteiger partial charge >= 0.3 is 13.8 Å². The SMILES string of the molecule is O=C1O[C@@H](OP(=O)(O)O)[C@@H](O)[C@@H](O)[C@@H](O)[C@@H]1O. The lowest BCUT2D eigenvalue weighted by molar-refractivity contribution is -0.189. The Labute approximate surface area is 94.3 Å². The van der Waals surface area contributed by atoms with Gasteiger partial charge in [-0.15, -0.1) is 0 Å². The van der Waals surface area contributed by atoms with E-state index in [1.807, 2.05) is 0 Å². The second kappa shape index (κ2) is 4.96. The van der Waals surface area contributed by atoms with Gasteiger partial charge in [-0.2, -0.15) is 0 Å². The number of aliphatic hydroxyl groups is 4. The topological polar surface area (TPSA) is 174 Å². The molecule has 0 unspecified atom stereocenters. The number of phosphoric acid groups is 1. The first-order chi connectivity index (χ1) is 7.63. The lowest BCUT2D eigenvalue weighted by Gasteiger charge is -2.24. The summed E-state index contributed by atoms with van der Waals surface area (Å²) in [7, 11) is -5.09. The summed E-state index contributed by atoms with van der Waals surface area (Å²) in [5, 5.41) is 36.8. The number of rotatable bonds is 2. The zero-order valence-electron chi connectivity index (χ0n) is 8.15. The van der Waals surface area contributed by atoms with Crippen LogP contribution in [0.3, 0.4) is 0 Å². The van der Waals surface area contributed by atoms with Crippen molar-refractivity contribution in [2.75, 3.05) is 0 Å². The Bertz CT molecular complexity index is 338. The van der Waals surface area contributed by atoms with E-state index in [0.717, 1.165) is 0 Å². The van der Waals surface area contributed by atoms with Gasteiger partial charge in [0.25, 0.3) is 0 Å². The Balaban J connectivity index is 2.92. The molecule has 1 heterocycles. The van der Waals surface area contributed by atoms with Crippen LogP contribution in [0.2, 0.25) is 0 Å². The number of hydrogen-bond acceptors (Lipinski definition) is 8. The predicted molar refractivity (Wildman–Crippen MR) is 47.0 cm³/mol. The number of carbonyl (C=O) groups excluding carboxylic acids is 1. The molecule has 0 aromatic carbocycles. The first-order valence-corrected chi connectivity index (χ1v) is 5.83. The minimum absolute atomic E-state index is 1.49. The van der Waals surface area contributed by atoms with Gasteiger partial charge in [0.1, 0.15) is 18.3 Å². The van der Waals surface area contributed by atoms with E-state index in [1.54, 1.807) is 0 Å². The van der Waals surface area contributed by atoms with E-state index in [2.05, 4.69) is 9.26 Å². The second-order valence-corrected chi connectivity index (χ2v) is 4.51. The molecular formula is C6H11O10P. The summed E-state index contributed by atoms with van der Waals surface area (Å²) < 4.78 is 18.6. The Morgan fingerprint density at radius 1 is 1.06 bits per heavy atom. The summed E-state index contributed by atoms with van der Waals surface area (Å²) in [5.41, 5.74) is 0. The van der Waals surface area contributed by atoms with Crippen LogP contribution >= 0.6 is 7.82 Å². The zero-order valence-corrected chi connectivity index (χ0v) is 9.04. The third-order valence-corrected chi connectivity index (χ3v) is 2.50. The van der Waals surface area contributed by atoms with Gasteiger partial charge in [-0.05, 0) is 0 Å². The van der Waals surface area contributed by atoms with Crippen LogP contribution in [-0.2, 0) is 18.6 Å². The van der Waals surface area contributed by atoms with Gasteiger partial charge in [-0.25, -0.2) is 13.9 Å². The number of phosphoric ester groups is 1. The summed E-state index contributed by atoms with van der Waals surface area (Å²) in [6, 6.07) is 0. The molecule has 0 bridgehead atoms. The quantitative estimate of drug-likeness (QED) is 0.218. The number of esters is 1. The highest BCUT2D eigenvalue weighted by Crippen LogP contribution is 2.39. The van der Waals surface area contributed by atoms with Crippen LogP contribution < -0.4 is 0 Å². The number of ether oxygens (including phenoxy) is 1. The predicted octanol–water partition coefficient (Wildman–Crippen LogP) is -3.58. The summed E-state index contributed by atoms with van der Waals surface area (Å²) in [6.45, 7) is 0. The lowest BCUT2D eigenvalue weighted by atomic mass is 10.0. The Morgan fingerprint density at radius 3 is 2.06 bits per heavy atom. The van der Waals surface area contributed by atoms with Gasteiger partial charge in [-0.3, -0.25) is 0 Å². The van der Waals surface area contributed by atoms with E-state index >= 15 is 0 Å². The maximum atomic E-state index is 11.0. The van der Waals surface area contributed by atoms with Crippen LogP contribution in [-0.4, -0.2) is 66.9 Å². The average molecular weight is 274 g/mol. The van der Waals surface area contributed by atoms with E-state index in [9.17, 15) is 24.7 Å². The number of cyclic esters (lactones) is 1. The minimum Gasteiger partial charge on any atom is -0.430 e. The van der Waals surface area contributed by atoms with Crippen molar-refractivity contribution in [3.8, 4) is 0 Å². The molecule has 6 N–H and O–H groups in total. The van der Waals surface area contributed by atoms with Crippen molar-refractivity contribution >= 4 is 13.8 Å². The van der Waals surface area contributed by atoms with Gasteiger partial charge in [0.15, 0.2) is 6.10 Å². The first kappa shape index (κ1) is 14.5. The normalized spacial score (nSPS) is 39.6. The van der Waals surface area contributed by atoms with Crippen molar-refractivity contribution in [1.82, 2.24) is 0 Å². The highest BCUT2D eigenvalue weighted by molar-refractivity contribution is 7.46. The third-order valence-electron chi connectivity index (χ3n) is 2.02. The molecule has 1 aliphatic heterocycles. The van der Waals surface area contributed by atoms with Gasteiger partial charge in [0, 0.05) is 0 Å². The molecule has 1 rings (SSSR count). The van der Waals surface area contributed by atoms with Crippen LogP contribution in [0.5, 0.6) is 0 Å². The zero-order chi connectivity index (χ0) is 13.4. The molecule has 11 heteroatoms. The van der Waals surface area contributed by atoms with Crippen LogP contribution in [0.25, 0.3) is 0 Å². The van der Waals surface area contributed by atoms with Crippen molar-refractivity contribution in [1.29, 1.82) is 0 Å². The molecule has 0 spiro atoms. The van der Waals surface area contributed by atoms with Crippen LogP contribution in [0, 0.1) is 0 Å². The van der Waals surface area contributed by atoms with Crippen molar-refractivity contribution < 1.29 is 48.8 Å². The fourth-order valence-corrected chi connectivity index (χ4v) is 1.60. The molecule has 100 valence electrons. The van der Waals surface area contributed by atoms with E-state index < -0.39 is 44.5 Å². The van der Waals surface area contributed by atoms with Gasteiger partial charge < -0.3 is 34.9 Å². The second-order valence-electron chi connectivity index (χ2n) is 3.32. The monoisotopic (exact) mass is 274 g/mol. The largest absolute Gasteiger partial charge is 0.472 e. The standard InChI is InChI=1S/C6H11O10P/c7-1-2(8)4(10)6(16-17(12,13)14)15-5(11)3(1)9/h1-4,6-10H,(H2,12,13,14)/t1-,2+,3+,4+,6+/m1/s1. The molecule has 0 aromatic rings. The number of hydrogen-bond donors (Lipinski definition) is 6. The summed E-state index contributed by atoms with van der Waals surface area (Å²) >= 11 is 0. The molecule has 1 saturated heterocycles. The number of aliphatic hydroxyl groups excluding tert-OH is 4. The van der Waals surface area contributed by atoms with E-state index in [1.165, 1.54) is 0 Å². The van der Waals surface area contributed by atoms with Crippen LogP contribution in [0.1, 0.15) is 0 Å². The maximum absolute atomic E-state index is 11.0.